The summed E-state index contributed by atoms with van der Waals surface area (Å²) < 4.78 is 1.33. The minimum atomic E-state index is 0.260. The van der Waals surface area contributed by atoms with Crippen molar-refractivity contribution in [2.75, 3.05) is 5.32 Å². The molecular formula is C17H15N3S. The van der Waals surface area contributed by atoms with Crippen molar-refractivity contribution in [3.8, 4) is 0 Å². The predicted molar refractivity (Wildman–Crippen MR) is 90.0 cm³/mol. The van der Waals surface area contributed by atoms with Crippen molar-refractivity contribution in [2.45, 2.75) is 13.0 Å². The van der Waals surface area contributed by atoms with E-state index in [1.54, 1.807) is 0 Å². The molecule has 2 N–H and O–H groups in total. The first-order chi connectivity index (χ1) is 10.3. The molecule has 1 unspecified atom stereocenters. The van der Waals surface area contributed by atoms with Crippen LogP contribution in [0.2, 0.25) is 0 Å². The number of aromatic amines is 1. The first kappa shape index (κ1) is 12.4. The van der Waals surface area contributed by atoms with Crippen LogP contribution in [0.25, 0.3) is 21.0 Å². The van der Waals surface area contributed by atoms with Gasteiger partial charge in [-0.25, -0.2) is 0 Å². The highest BCUT2D eigenvalue weighted by molar-refractivity contribution is 7.19. The minimum absolute atomic E-state index is 0.260. The lowest BCUT2D eigenvalue weighted by Crippen LogP contribution is -2.05. The Balaban J connectivity index is 1.68. The summed E-state index contributed by atoms with van der Waals surface area (Å²) in [7, 11) is 0. The highest BCUT2D eigenvalue weighted by Crippen LogP contribution is 2.32. The highest BCUT2D eigenvalue weighted by Gasteiger charge is 2.11. The van der Waals surface area contributed by atoms with Crippen LogP contribution in [-0.2, 0) is 0 Å². The monoisotopic (exact) mass is 293 g/mol. The molecule has 4 heteroatoms. The zero-order chi connectivity index (χ0) is 14.2. The van der Waals surface area contributed by atoms with E-state index in [1.807, 2.05) is 17.5 Å². The normalized spacial score (nSPS) is 12.8. The number of anilines is 1. The summed E-state index contributed by atoms with van der Waals surface area (Å²) in [6, 6.07) is 17.2. The van der Waals surface area contributed by atoms with Crippen molar-refractivity contribution in [1.29, 1.82) is 0 Å². The van der Waals surface area contributed by atoms with Crippen LogP contribution in [0.4, 0.5) is 5.69 Å². The summed E-state index contributed by atoms with van der Waals surface area (Å²) in [5.74, 6) is 0. The van der Waals surface area contributed by atoms with Gasteiger partial charge in [-0.2, -0.15) is 5.10 Å². The number of aromatic nitrogens is 2. The Labute approximate surface area is 126 Å². The van der Waals surface area contributed by atoms with Gasteiger partial charge < -0.3 is 5.32 Å². The van der Waals surface area contributed by atoms with E-state index in [-0.39, 0.29) is 6.04 Å². The molecular weight excluding hydrogens is 278 g/mol. The Morgan fingerprint density at radius 1 is 1.10 bits per heavy atom. The first-order valence-electron chi connectivity index (χ1n) is 6.98. The van der Waals surface area contributed by atoms with Crippen molar-refractivity contribution >= 4 is 38.0 Å². The summed E-state index contributed by atoms with van der Waals surface area (Å²) in [5, 5.41) is 13.2. The molecule has 0 spiro atoms. The molecule has 0 aliphatic carbocycles. The predicted octanol–water partition coefficient (Wildman–Crippen LogP) is 4.95. The lowest BCUT2D eigenvalue weighted by atomic mass is 10.2. The van der Waals surface area contributed by atoms with E-state index in [1.165, 1.54) is 15.0 Å². The molecule has 2 aromatic heterocycles. The average molecular weight is 293 g/mol. The van der Waals surface area contributed by atoms with E-state index in [0.29, 0.717) is 0 Å². The fourth-order valence-electron chi connectivity index (χ4n) is 2.61. The maximum Gasteiger partial charge on any atom is 0.0881 e. The van der Waals surface area contributed by atoms with Gasteiger partial charge in [0.15, 0.2) is 0 Å². The van der Waals surface area contributed by atoms with Gasteiger partial charge in [0, 0.05) is 15.0 Å². The van der Waals surface area contributed by atoms with Crippen LogP contribution in [-0.4, -0.2) is 10.2 Å². The quantitative estimate of drug-likeness (QED) is 0.561. The topological polar surface area (TPSA) is 40.7 Å². The molecule has 0 aliphatic rings. The molecule has 1 atom stereocenters. The number of rotatable bonds is 3. The van der Waals surface area contributed by atoms with Crippen LogP contribution >= 0.6 is 11.3 Å². The zero-order valence-electron chi connectivity index (χ0n) is 11.6. The summed E-state index contributed by atoms with van der Waals surface area (Å²) in [6.07, 6.45) is 1.85. The standard InChI is InChI=1S/C17H15N3S/c1-11(16-9-12-5-2-3-8-15(12)21-16)19-14-7-4-6-13-10-18-20-17(13)14/h2-11,19H,1H3,(H,18,20). The van der Waals surface area contributed by atoms with Crippen molar-refractivity contribution in [3.05, 3.63) is 59.6 Å². The summed E-state index contributed by atoms with van der Waals surface area (Å²) in [6.45, 7) is 2.19. The molecule has 104 valence electrons. The van der Waals surface area contributed by atoms with E-state index in [0.717, 1.165) is 16.6 Å². The molecule has 4 aromatic rings. The van der Waals surface area contributed by atoms with Gasteiger partial charge >= 0.3 is 0 Å². The molecule has 2 heterocycles. The van der Waals surface area contributed by atoms with Crippen LogP contribution in [0.5, 0.6) is 0 Å². The van der Waals surface area contributed by atoms with Crippen LogP contribution in [0.15, 0.2) is 54.7 Å². The van der Waals surface area contributed by atoms with Crippen molar-refractivity contribution in [1.82, 2.24) is 10.2 Å². The Morgan fingerprint density at radius 2 is 1.95 bits per heavy atom. The molecule has 0 bridgehead atoms. The number of fused-ring (bicyclic) bond motifs is 2. The average Bonchev–Trinajstić information content (AvgIpc) is 3.14. The maximum atomic E-state index is 4.11. The third kappa shape index (κ3) is 2.17. The Morgan fingerprint density at radius 3 is 2.86 bits per heavy atom. The number of H-pyrrole nitrogens is 1. The molecule has 0 aliphatic heterocycles. The number of para-hydroxylation sites is 1. The Bertz CT molecular complexity index is 873. The second-order valence-electron chi connectivity index (χ2n) is 5.19. The maximum absolute atomic E-state index is 4.11. The van der Waals surface area contributed by atoms with E-state index in [9.17, 15) is 0 Å². The Hall–Kier alpha value is -2.33. The van der Waals surface area contributed by atoms with Gasteiger partial charge in [-0.3, -0.25) is 5.10 Å². The van der Waals surface area contributed by atoms with E-state index < -0.39 is 0 Å². The van der Waals surface area contributed by atoms with Gasteiger partial charge in [-0.1, -0.05) is 30.3 Å². The first-order valence-corrected chi connectivity index (χ1v) is 7.80. The van der Waals surface area contributed by atoms with Crippen molar-refractivity contribution in [3.63, 3.8) is 0 Å². The van der Waals surface area contributed by atoms with Gasteiger partial charge in [0.05, 0.1) is 23.4 Å². The smallest absolute Gasteiger partial charge is 0.0881 e. The van der Waals surface area contributed by atoms with Crippen molar-refractivity contribution < 1.29 is 0 Å². The van der Waals surface area contributed by atoms with Gasteiger partial charge in [0.2, 0.25) is 0 Å². The lowest BCUT2D eigenvalue weighted by Gasteiger charge is -2.14. The molecule has 4 rings (SSSR count). The molecule has 21 heavy (non-hydrogen) atoms. The SMILES string of the molecule is CC(Nc1cccc2cn[nH]c12)c1cc2ccccc2s1. The molecule has 0 amide bonds. The van der Waals surface area contributed by atoms with Crippen LogP contribution < -0.4 is 5.32 Å². The molecule has 3 nitrogen and oxygen atoms in total. The largest absolute Gasteiger partial charge is 0.376 e. The summed E-state index contributed by atoms with van der Waals surface area (Å²) in [5.41, 5.74) is 2.15. The van der Waals surface area contributed by atoms with Crippen LogP contribution in [0.1, 0.15) is 17.8 Å². The zero-order valence-corrected chi connectivity index (χ0v) is 12.4. The highest BCUT2D eigenvalue weighted by atomic mass is 32.1. The van der Waals surface area contributed by atoms with Crippen LogP contribution in [0.3, 0.4) is 0 Å². The van der Waals surface area contributed by atoms with Gasteiger partial charge in [0.1, 0.15) is 0 Å². The van der Waals surface area contributed by atoms with Gasteiger partial charge in [-0.15, -0.1) is 11.3 Å². The molecule has 2 aromatic carbocycles. The van der Waals surface area contributed by atoms with Gasteiger partial charge in [0.25, 0.3) is 0 Å². The number of hydrogen-bond acceptors (Lipinski definition) is 3. The fraction of sp³-hybridized carbons (Fsp3) is 0.118. The third-order valence-corrected chi connectivity index (χ3v) is 5.02. The number of thiophene rings is 1. The van der Waals surface area contributed by atoms with Crippen molar-refractivity contribution in [2.24, 2.45) is 0 Å². The second kappa shape index (κ2) is 4.90. The molecule has 0 fully saturated rings. The van der Waals surface area contributed by atoms with E-state index in [4.69, 9.17) is 0 Å². The molecule has 0 saturated heterocycles. The Kier molecular flexibility index (Phi) is 2.89. The van der Waals surface area contributed by atoms with Crippen LogP contribution in [0, 0.1) is 0 Å². The summed E-state index contributed by atoms with van der Waals surface area (Å²) in [4.78, 5) is 1.34. The third-order valence-electron chi connectivity index (χ3n) is 3.72. The minimum Gasteiger partial charge on any atom is -0.376 e. The second-order valence-corrected chi connectivity index (χ2v) is 6.31. The fourth-order valence-corrected chi connectivity index (χ4v) is 3.68. The van der Waals surface area contributed by atoms with E-state index >= 15 is 0 Å². The van der Waals surface area contributed by atoms with E-state index in [2.05, 4.69) is 71.0 Å². The number of benzene rings is 2. The number of nitrogens with one attached hydrogen (secondary N) is 2. The van der Waals surface area contributed by atoms with Gasteiger partial charge in [-0.05, 0) is 30.5 Å². The number of nitrogens with zero attached hydrogens (tertiary/aromatic N) is 1. The molecule has 0 radical (unpaired) electrons. The number of hydrogen-bond donors (Lipinski definition) is 2. The lowest BCUT2D eigenvalue weighted by molar-refractivity contribution is 0.910. The molecule has 0 saturated carbocycles. The summed E-state index contributed by atoms with van der Waals surface area (Å²) >= 11 is 1.84.